The third-order valence-corrected chi connectivity index (χ3v) is 4.47. The zero-order chi connectivity index (χ0) is 16.1. The van der Waals surface area contributed by atoms with Crippen molar-refractivity contribution in [2.75, 3.05) is 0 Å². The number of hydrogen-bond acceptors (Lipinski definition) is 3. The van der Waals surface area contributed by atoms with E-state index in [4.69, 9.17) is 4.98 Å². The van der Waals surface area contributed by atoms with Gasteiger partial charge in [-0.15, -0.1) is 0 Å². The van der Waals surface area contributed by atoms with Crippen LogP contribution in [0.15, 0.2) is 60.9 Å². The molecular weight excluding hydrogens is 296 g/mol. The van der Waals surface area contributed by atoms with E-state index >= 15 is 0 Å². The molecule has 4 heteroatoms. The second-order valence-corrected chi connectivity index (χ2v) is 5.92. The molecule has 0 aliphatic heterocycles. The van der Waals surface area contributed by atoms with Crippen molar-refractivity contribution >= 4 is 32.8 Å². The second kappa shape index (κ2) is 4.86. The Morgan fingerprint density at radius 2 is 1.46 bits per heavy atom. The Kier molecular flexibility index (Phi) is 2.67. The Morgan fingerprint density at radius 1 is 0.750 bits per heavy atom. The van der Waals surface area contributed by atoms with Gasteiger partial charge < -0.3 is 4.98 Å². The summed E-state index contributed by atoms with van der Waals surface area (Å²) in [5.74, 6) is 0.879. The van der Waals surface area contributed by atoms with E-state index in [0.717, 1.165) is 44.2 Å². The summed E-state index contributed by atoms with van der Waals surface area (Å²) < 4.78 is 0. The third-order valence-electron chi connectivity index (χ3n) is 4.47. The van der Waals surface area contributed by atoms with Gasteiger partial charge in [0, 0.05) is 28.7 Å². The van der Waals surface area contributed by atoms with E-state index in [0.29, 0.717) is 0 Å². The minimum Gasteiger partial charge on any atom is -0.337 e. The molecule has 3 heterocycles. The molecule has 0 aliphatic carbocycles. The van der Waals surface area contributed by atoms with Crippen LogP contribution < -0.4 is 0 Å². The molecule has 0 aliphatic rings. The normalized spacial score (nSPS) is 11.5. The number of benzene rings is 2. The maximum Gasteiger partial charge on any atom is 0.138 e. The van der Waals surface area contributed by atoms with Gasteiger partial charge in [0.25, 0.3) is 0 Å². The number of hydrogen-bond donors (Lipinski definition) is 1. The van der Waals surface area contributed by atoms with Crippen molar-refractivity contribution in [1.29, 1.82) is 0 Å². The fraction of sp³-hybridized carbons (Fsp3) is 0.0500. The maximum absolute atomic E-state index is 4.90. The minimum atomic E-state index is 0.879. The Balaban J connectivity index is 1.98. The summed E-state index contributed by atoms with van der Waals surface area (Å²) in [5.41, 5.74) is 6.06. The molecule has 0 saturated heterocycles. The van der Waals surface area contributed by atoms with Gasteiger partial charge in [-0.3, -0.25) is 9.97 Å². The first-order valence-corrected chi connectivity index (χ1v) is 7.90. The summed E-state index contributed by atoms with van der Waals surface area (Å²) in [5, 5.41) is 2.07. The monoisotopic (exact) mass is 310 g/mol. The second-order valence-electron chi connectivity index (χ2n) is 5.92. The molecule has 0 bridgehead atoms. The highest BCUT2D eigenvalue weighted by Gasteiger charge is 2.15. The van der Waals surface area contributed by atoms with Gasteiger partial charge in [0.2, 0.25) is 0 Å². The topological polar surface area (TPSA) is 54.5 Å². The molecule has 0 fully saturated rings. The van der Waals surface area contributed by atoms with E-state index in [1.54, 1.807) is 12.4 Å². The van der Waals surface area contributed by atoms with E-state index < -0.39 is 0 Å². The van der Waals surface area contributed by atoms with Crippen molar-refractivity contribution in [3.05, 3.63) is 66.5 Å². The van der Waals surface area contributed by atoms with E-state index in [-0.39, 0.29) is 0 Å². The molecule has 1 N–H and O–H groups in total. The molecule has 0 amide bonds. The highest BCUT2D eigenvalue weighted by Crippen LogP contribution is 2.33. The van der Waals surface area contributed by atoms with Crippen LogP contribution in [-0.4, -0.2) is 19.9 Å². The van der Waals surface area contributed by atoms with Crippen LogP contribution in [-0.2, 0) is 0 Å². The van der Waals surface area contributed by atoms with E-state index in [1.807, 2.05) is 24.3 Å². The van der Waals surface area contributed by atoms with Crippen molar-refractivity contribution in [2.45, 2.75) is 6.92 Å². The highest BCUT2D eigenvalue weighted by atomic mass is 14.9. The quantitative estimate of drug-likeness (QED) is 0.459. The average Bonchev–Trinajstić information content (AvgIpc) is 3.08. The number of nitrogens with one attached hydrogen (secondary N) is 1. The van der Waals surface area contributed by atoms with Gasteiger partial charge in [-0.05, 0) is 36.8 Å². The number of nitrogens with zero attached hydrogens (tertiary/aromatic N) is 3. The van der Waals surface area contributed by atoms with Crippen LogP contribution in [0.25, 0.3) is 44.2 Å². The number of pyridine rings is 2. The molecule has 0 atom stereocenters. The van der Waals surface area contributed by atoms with Crippen molar-refractivity contribution < 1.29 is 0 Å². The molecular formula is C20H14N4. The standard InChI is InChI=1S/C20H14N4/c1-12-6-2-3-7-13(12)20-23-18-14-8-4-10-21-16(14)17-15(19(18)24-20)9-5-11-22-17/h2-11H,1H3,(H,23,24). The van der Waals surface area contributed by atoms with E-state index in [1.165, 1.54) is 5.56 Å². The van der Waals surface area contributed by atoms with E-state index in [2.05, 4.69) is 46.1 Å². The van der Waals surface area contributed by atoms with Crippen molar-refractivity contribution in [3.63, 3.8) is 0 Å². The van der Waals surface area contributed by atoms with Gasteiger partial charge in [-0.25, -0.2) is 4.98 Å². The molecule has 3 aromatic heterocycles. The molecule has 5 rings (SSSR count). The lowest BCUT2D eigenvalue weighted by atomic mass is 10.1. The predicted octanol–water partition coefficient (Wildman–Crippen LogP) is 4.63. The fourth-order valence-corrected chi connectivity index (χ4v) is 3.31. The van der Waals surface area contributed by atoms with Crippen LogP contribution >= 0.6 is 0 Å². The van der Waals surface area contributed by atoms with Gasteiger partial charge in [-0.2, -0.15) is 0 Å². The summed E-state index contributed by atoms with van der Waals surface area (Å²) in [7, 11) is 0. The lowest BCUT2D eigenvalue weighted by molar-refractivity contribution is 1.31. The van der Waals surface area contributed by atoms with E-state index in [9.17, 15) is 0 Å². The van der Waals surface area contributed by atoms with Gasteiger partial charge in [-0.1, -0.05) is 24.3 Å². The van der Waals surface area contributed by atoms with Crippen LogP contribution in [0.4, 0.5) is 0 Å². The summed E-state index contributed by atoms with van der Waals surface area (Å²) in [6.45, 7) is 2.10. The number of H-pyrrole nitrogens is 1. The molecule has 4 nitrogen and oxygen atoms in total. The molecule has 2 aromatic carbocycles. The summed E-state index contributed by atoms with van der Waals surface area (Å²) in [6.07, 6.45) is 3.61. The van der Waals surface area contributed by atoms with Crippen LogP contribution in [0.2, 0.25) is 0 Å². The van der Waals surface area contributed by atoms with Crippen LogP contribution in [0.1, 0.15) is 5.56 Å². The van der Waals surface area contributed by atoms with Crippen molar-refractivity contribution in [2.24, 2.45) is 0 Å². The lowest BCUT2D eigenvalue weighted by Crippen LogP contribution is -1.86. The fourth-order valence-electron chi connectivity index (χ4n) is 3.31. The van der Waals surface area contributed by atoms with Crippen LogP contribution in [0.3, 0.4) is 0 Å². The van der Waals surface area contributed by atoms with Crippen molar-refractivity contribution in [1.82, 2.24) is 19.9 Å². The van der Waals surface area contributed by atoms with Crippen molar-refractivity contribution in [3.8, 4) is 11.4 Å². The van der Waals surface area contributed by atoms with Gasteiger partial charge in [0.1, 0.15) is 5.82 Å². The number of rotatable bonds is 1. The predicted molar refractivity (Wildman–Crippen MR) is 96.9 cm³/mol. The smallest absolute Gasteiger partial charge is 0.138 e. The lowest BCUT2D eigenvalue weighted by Gasteiger charge is -2.03. The first-order valence-electron chi connectivity index (χ1n) is 7.90. The number of imidazole rings is 1. The SMILES string of the molecule is Cc1ccccc1-c1nc2c3cccnc3c3ncccc3c2[nH]1. The van der Waals surface area contributed by atoms with Gasteiger partial charge in [0.15, 0.2) is 0 Å². The first-order chi connectivity index (χ1) is 11.8. The summed E-state index contributed by atoms with van der Waals surface area (Å²) in [6, 6.07) is 16.3. The zero-order valence-electron chi connectivity index (χ0n) is 13.1. The Hall–Kier alpha value is -3.27. The van der Waals surface area contributed by atoms with Gasteiger partial charge >= 0.3 is 0 Å². The molecule has 0 saturated carbocycles. The zero-order valence-corrected chi connectivity index (χ0v) is 13.1. The number of fused-ring (bicyclic) bond motifs is 6. The van der Waals surface area contributed by atoms with Crippen LogP contribution in [0, 0.1) is 6.92 Å². The summed E-state index contributed by atoms with van der Waals surface area (Å²) >= 11 is 0. The maximum atomic E-state index is 4.90. The highest BCUT2D eigenvalue weighted by molar-refractivity contribution is 6.21. The Bertz CT molecular complexity index is 1150. The number of aromatic nitrogens is 4. The molecule has 0 spiro atoms. The molecule has 0 unspecified atom stereocenters. The molecule has 5 aromatic rings. The average molecular weight is 310 g/mol. The third kappa shape index (κ3) is 1.77. The van der Waals surface area contributed by atoms with Gasteiger partial charge in [0.05, 0.1) is 22.1 Å². The number of aromatic amines is 1. The Morgan fingerprint density at radius 3 is 2.25 bits per heavy atom. The largest absolute Gasteiger partial charge is 0.337 e. The molecule has 114 valence electrons. The number of aryl methyl sites for hydroxylation is 1. The molecule has 0 radical (unpaired) electrons. The van der Waals surface area contributed by atoms with Crippen LogP contribution in [0.5, 0.6) is 0 Å². The Labute approximate surface area is 138 Å². The molecule has 24 heavy (non-hydrogen) atoms. The minimum absolute atomic E-state index is 0.879. The summed E-state index contributed by atoms with van der Waals surface area (Å²) in [4.78, 5) is 17.5. The first kappa shape index (κ1) is 13.2.